The Morgan fingerprint density at radius 2 is 1.65 bits per heavy atom. The lowest BCUT2D eigenvalue weighted by atomic mass is 10.0. The molecule has 0 heterocycles. The van der Waals surface area contributed by atoms with Crippen LogP contribution in [0.4, 0.5) is 5.69 Å². The van der Waals surface area contributed by atoms with Crippen LogP contribution in [0.15, 0.2) is 42.5 Å². The van der Waals surface area contributed by atoms with E-state index < -0.39 is 6.10 Å². The molecule has 0 bridgehead atoms. The van der Waals surface area contributed by atoms with Crippen molar-refractivity contribution < 1.29 is 9.53 Å². The Morgan fingerprint density at radius 1 is 1.00 bits per heavy atom. The smallest absolute Gasteiger partial charge is 0.265 e. The van der Waals surface area contributed by atoms with E-state index in [1.54, 1.807) is 6.92 Å². The summed E-state index contributed by atoms with van der Waals surface area (Å²) in [5, 5.41) is 2.92. The predicted molar refractivity (Wildman–Crippen MR) is 95.2 cm³/mol. The maximum absolute atomic E-state index is 12.3. The van der Waals surface area contributed by atoms with Crippen LogP contribution in [0.2, 0.25) is 0 Å². The summed E-state index contributed by atoms with van der Waals surface area (Å²) in [5.41, 5.74) is 4.30. The van der Waals surface area contributed by atoms with Crippen molar-refractivity contribution in [2.24, 2.45) is 0 Å². The van der Waals surface area contributed by atoms with Gasteiger partial charge >= 0.3 is 0 Å². The minimum absolute atomic E-state index is 0.148. The zero-order valence-corrected chi connectivity index (χ0v) is 14.5. The summed E-state index contributed by atoms with van der Waals surface area (Å²) in [4.78, 5) is 12.3. The number of carbonyl (C=O) groups excluding carboxylic acids is 1. The lowest BCUT2D eigenvalue weighted by molar-refractivity contribution is -0.122. The molecule has 1 N–H and O–H groups in total. The highest BCUT2D eigenvalue weighted by Gasteiger charge is 2.15. The van der Waals surface area contributed by atoms with Gasteiger partial charge in [0.2, 0.25) is 0 Å². The molecule has 0 aliphatic carbocycles. The number of aryl methyl sites for hydroxylation is 2. The largest absolute Gasteiger partial charge is 0.481 e. The van der Waals surface area contributed by atoms with Gasteiger partial charge in [-0.3, -0.25) is 4.79 Å². The fraction of sp³-hybridized carbons (Fsp3) is 0.350. The fourth-order valence-electron chi connectivity index (χ4n) is 2.38. The highest BCUT2D eigenvalue weighted by Crippen LogP contribution is 2.20. The third kappa shape index (κ3) is 4.59. The molecule has 3 nitrogen and oxygen atoms in total. The number of benzene rings is 2. The van der Waals surface area contributed by atoms with Crippen molar-refractivity contribution in [1.82, 2.24) is 0 Å². The number of hydrogen-bond donors (Lipinski definition) is 1. The van der Waals surface area contributed by atoms with Gasteiger partial charge in [0, 0.05) is 5.69 Å². The number of ether oxygens (including phenoxy) is 1. The minimum Gasteiger partial charge on any atom is -0.481 e. The molecule has 23 heavy (non-hydrogen) atoms. The maximum atomic E-state index is 12.3. The zero-order valence-electron chi connectivity index (χ0n) is 14.5. The zero-order chi connectivity index (χ0) is 17.0. The molecule has 0 saturated heterocycles. The Kier molecular flexibility index (Phi) is 5.43. The summed E-state index contributed by atoms with van der Waals surface area (Å²) in [6.45, 7) is 10.1. The molecule has 2 aromatic rings. The van der Waals surface area contributed by atoms with Crippen LogP contribution in [0.1, 0.15) is 43.4 Å². The molecule has 0 aromatic heterocycles. The second-order valence-corrected chi connectivity index (χ2v) is 6.29. The van der Waals surface area contributed by atoms with Crippen LogP contribution in [0.3, 0.4) is 0 Å². The molecule has 3 heteroatoms. The maximum Gasteiger partial charge on any atom is 0.265 e. The third-order valence-corrected chi connectivity index (χ3v) is 3.87. The van der Waals surface area contributed by atoms with Crippen LogP contribution >= 0.6 is 0 Å². The van der Waals surface area contributed by atoms with Gasteiger partial charge in [-0.15, -0.1) is 0 Å². The third-order valence-electron chi connectivity index (χ3n) is 3.87. The van der Waals surface area contributed by atoms with Gasteiger partial charge in [-0.2, -0.15) is 0 Å². The van der Waals surface area contributed by atoms with Gasteiger partial charge in [0.25, 0.3) is 5.91 Å². The van der Waals surface area contributed by atoms with Crippen molar-refractivity contribution in [3.8, 4) is 5.75 Å². The molecule has 1 amide bonds. The van der Waals surface area contributed by atoms with Crippen molar-refractivity contribution >= 4 is 11.6 Å². The quantitative estimate of drug-likeness (QED) is 0.858. The van der Waals surface area contributed by atoms with Crippen molar-refractivity contribution in [1.29, 1.82) is 0 Å². The van der Waals surface area contributed by atoms with Crippen LogP contribution in [0.25, 0.3) is 0 Å². The van der Waals surface area contributed by atoms with Crippen molar-refractivity contribution in [2.75, 3.05) is 5.32 Å². The molecule has 122 valence electrons. The first-order chi connectivity index (χ1) is 10.9. The minimum atomic E-state index is -0.555. The molecule has 1 atom stereocenters. The topological polar surface area (TPSA) is 38.3 Å². The van der Waals surface area contributed by atoms with Gasteiger partial charge < -0.3 is 10.1 Å². The molecule has 1 unspecified atom stereocenters. The average molecular weight is 311 g/mol. The van der Waals surface area contributed by atoms with E-state index in [2.05, 4.69) is 19.2 Å². The van der Waals surface area contributed by atoms with Crippen molar-refractivity contribution in [3.63, 3.8) is 0 Å². The van der Waals surface area contributed by atoms with E-state index in [1.165, 1.54) is 11.1 Å². The lowest BCUT2D eigenvalue weighted by Gasteiger charge is -2.16. The number of rotatable bonds is 5. The summed E-state index contributed by atoms with van der Waals surface area (Å²) in [7, 11) is 0. The number of carbonyl (C=O) groups is 1. The van der Waals surface area contributed by atoms with Crippen molar-refractivity contribution in [3.05, 3.63) is 59.2 Å². The normalized spacial score (nSPS) is 12.1. The Labute approximate surface area is 138 Å². The number of nitrogens with one attached hydrogen (secondary N) is 1. The SMILES string of the molecule is Cc1ccc(NC(=O)C(C)Oc2ccc(C(C)C)cc2)c(C)c1. The van der Waals surface area contributed by atoms with Gasteiger partial charge in [0.1, 0.15) is 5.75 Å². The Hall–Kier alpha value is -2.29. The summed E-state index contributed by atoms with van der Waals surface area (Å²) < 4.78 is 5.73. The Bertz CT molecular complexity index is 675. The number of amides is 1. The average Bonchev–Trinajstić information content (AvgIpc) is 2.50. The summed E-state index contributed by atoms with van der Waals surface area (Å²) in [6, 6.07) is 13.9. The van der Waals surface area contributed by atoms with E-state index in [0.717, 1.165) is 11.3 Å². The van der Waals surface area contributed by atoms with Crippen LogP contribution < -0.4 is 10.1 Å². The molecule has 2 aromatic carbocycles. The predicted octanol–water partition coefficient (Wildman–Crippen LogP) is 4.83. The van der Waals surface area contributed by atoms with E-state index in [0.29, 0.717) is 11.7 Å². The molecular weight excluding hydrogens is 286 g/mol. The first kappa shape index (κ1) is 17.1. The van der Waals surface area contributed by atoms with E-state index in [1.807, 2.05) is 56.3 Å². The number of anilines is 1. The van der Waals surface area contributed by atoms with Crippen LogP contribution in [-0.2, 0) is 4.79 Å². The molecule has 2 rings (SSSR count). The second kappa shape index (κ2) is 7.32. The summed E-state index contributed by atoms with van der Waals surface area (Å²) >= 11 is 0. The summed E-state index contributed by atoms with van der Waals surface area (Å²) in [5.74, 6) is 1.04. The fourth-order valence-corrected chi connectivity index (χ4v) is 2.38. The highest BCUT2D eigenvalue weighted by molar-refractivity contribution is 5.94. The Balaban J connectivity index is 1.99. The standard InChI is InChI=1S/C20H25NO2/c1-13(2)17-7-9-18(10-8-17)23-16(5)20(22)21-19-11-6-14(3)12-15(19)4/h6-13,16H,1-5H3,(H,21,22). The van der Waals surface area contributed by atoms with Gasteiger partial charge in [-0.25, -0.2) is 0 Å². The van der Waals surface area contributed by atoms with Gasteiger partial charge in [0.15, 0.2) is 6.10 Å². The molecule has 0 fully saturated rings. The van der Waals surface area contributed by atoms with E-state index in [-0.39, 0.29) is 5.91 Å². The van der Waals surface area contributed by atoms with E-state index in [9.17, 15) is 4.79 Å². The second-order valence-electron chi connectivity index (χ2n) is 6.29. The van der Waals surface area contributed by atoms with E-state index >= 15 is 0 Å². The van der Waals surface area contributed by atoms with Crippen LogP contribution in [0.5, 0.6) is 5.75 Å². The lowest BCUT2D eigenvalue weighted by Crippen LogP contribution is -2.30. The monoisotopic (exact) mass is 311 g/mol. The highest BCUT2D eigenvalue weighted by atomic mass is 16.5. The molecule has 0 aliphatic rings. The van der Waals surface area contributed by atoms with Gasteiger partial charge in [-0.05, 0) is 56.0 Å². The van der Waals surface area contributed by atoms with Gasteiger partial charge in [0.05, 0.1) is 0 Å². The summed E-state index contributed by atoms with van der Waals surface area (Å²) in [6.07, 6.45) is -0.555. The van der Waals surface area contributed by atoms with Gasteiger partial charge in [-0.1, -0.05) is 43.7 Å². The molecule has 0 saturated carbocycles. The van der Waals surface area contributed by atoms with Crippen LogP contribution in [0, 0.1) is 13.8 Å². The first-order valence-electron chi connectivity index (χ1n) is 8.01. The first-order valence-corrected chi connectivity index (χ1v) is 8.01. The number of hydrogen-bond acceptors (Lipinski definition) is 2. The Morgan fingerprint density at radius 3 is 2.22 bits per heavy atom. The van der Waals surface area contributed by atoms with Crippen molar-refractivity contribution in [2.45, 2.75) is 46.6 Å². The molecule has 0 spiro atoms. The molecule has 0 aliphatic heterocycles. The molecular formula is C20H25NO2. The van der Waals surface area contributed by atoms with Crippen LogP contribution in [-0.4, -0.2) is 12.0 Å². The molecule has 0 radical (unpaired) electrons. The van der Waals surface area contributed by atoms with E-state index in [4.69, 9.17) is 4.74 Å².